The molecule has 1 rings (SSSR count). The van der Waals surface area contributed by atoms with Crippen molar-refractivity contribution in [3.63, 3.8) is 0 Å². The summed E-state index contributed by atoms with van der Waals surface area (Å²) < 4.78 is 4.91. The van der Waals surface area contributed by atoms with E-state index in [2.05, 4.69) is 10.6 Å². The number of rotatable bonds is 8. The summed E-state index contributed by atoms with van der Waals surface area (Å²) in [6.45, 7) is -0.373. The number of amides is 2. The van der Waals surface area contributed by atoms with Gasteiger partial charge in [0.25, 0.3) is 11.8 Å². The zero-order valence-electron chi connectivity index (χ0n) is 12.9. The van der Waals surface area contributed by atoms with Crippen molar-refractivity contribution in [1.82, 2.24) is 10.6 Å². The van der Waals surface area contributed by atoms with Gasteiger partial charge < -0.3 is 15.4 Å². The first-order valence-corrected chi connectivity index (χ1v) is 8.67. The van der Waals surface area contributed by atoms with E-state index in [1.54, 1.807) is 36.0 Å². The third-order valence-corrected chi connectivity index (χ3v) is 3.83. The lowest BCUT2D eigenvalue weighted by molar-refractivity contribution is -0.150. The molecule has 0 aliphatic carbocycles. The van der Waals surface area contributed by atoms with Crippen LogP contribution in [-0.2, 0) is 14.3 Å². The highest BCUT2D eigenvalue weighted by Crippen LogP contribution is 2.10. The molecule has 23 heavy (non-hydrogen) atoms. The maximum absolute atomic E-state index is 12.2. The lowest BCUT2D eigenvalue weighted by Gasteiger charge is -2.17. The van der Waals surface area contributed by atoms with Gasteiger partial charge in [-0.15, -0.1) is 0 Å². The highest BCUT2D eigenvalue weighted by molar-refractivity contribution is 7.98. The van der Waals surface area contributed by atoms with Gasteiger partial charge in [-0.3, -0.25) is 9.59 Å². The number of esters is 1. The third kappa shape index (κ3) is 6.92. The van der Waals surface area contributed by atoms with E-state index >= 15 is 0 Å². The number of hydrogen-bond donors (Lipinski definition) is 2. The molecule has 0 saturated heterocycles. The van der Waals surface area contributed by atoms with Crippen LogP contribution in [0.2, 0.25) is 5.02 Å². The smallest absolute Gasteiger partial charge is 0.329 e. The van der Waals surface area contributed by atoms with Gasteiger partial charge in [-0.25, -0.2) is 4.79 Å². The topological polar surface area (TPSA) is 84.5 Å². The monoisotopic (exact) mass is 358 g/mol. The number of carbonyl (C=O) groups excluding carboxylic acids is 3. The molecule has 1 aromatic rings. The highest BCUT2D eigenvalue weighted by atomic mass is 35.5. The second kappa shape index (κ2) is 10.1. The fraction of sp³-hybridized carbons (Fsp3) is 0.400. The molecule has 6 nitrogen and oxygen atoms in total. The molecular formula is C15H19ClN2O4S. The molecule has 0 fully saturated rings. The quantitative estimate of drug-likeness (QED) is 0.688. The normalized spacial score (nSPS) is 11.4. The highest BCUT2D eigenvalue weighted by Gasteiger charge is 2.23. The summed E-state index contributed by atoms with van der Waals surface area (Å²) in [5.74, 6) is -0.777. The number of benzene rings is 1. The Kier molecular flexibility index (Phi) is 8.50. The first kappa shape index (κ1) is 19.3. The van der Waals surface area contributed by atoms with E-state index in [0.717, 1.165) is 0 Å². The molecule has 2 N–H and O–H groups in total. The van der Waals surface area contributed by atoms with Gasteiger partial charge in [0.1, 0.15) is 6.04 Å². The molecule has 0 aromatic heterocycles. The van der Waals surface area contributed by atoms with Crippen molar-refractivity contribution in [2.45, 2.75) is 12.5 Å². The fourth-order valence-corrected chi connectivity index (χ4v) is 2.23. The average Bonchev–Trinajstić information content (AvgIpc) is 2.56. The molecule has 0 aliphatic heterocycles. The zero-order valence-corrected chi connectivity index (χ0v) is 14.5. The van der Waals surface area contributed by atoms with E-state index in [1.165, 1.54) is 7.05 Å². The van der Waals surface area contributed by atoms with Gasteiger partial charge in [-0.1, -0.05) is 11.6 Å². The summed E-state index contributed by atoms with van der Waals surface area (Å²) >= 11 is 7.32. The van der Waals surface area contributed by atoms with Crippen LogP contribution in [0.1, 0.15) is 16.8 Å². The van der Waals surface area contributed by atoms with Gasteiger partial charge in [0.15, 0.2) is 6.61 Å². The van der Waals surface area contributed by atoms with Gasteiger partial charge in [0, 0.05) is 17.6 Å². The summed E-state index contributed by atoms with van der Waals surface area (Å²) in [6.07, 6.45) is 2.31. The first-order chi connectivity index (χ1) is 11.0. The number of ether oxygens (including phenoxy) is 1. The Labute approximate surface area is 144 Å². The summed E-state index contributed by atoms with van der Waals surface area (Å²) in [5, 5.41) is 5.50. The van der Waals surface area contributed by atoms with Crippen LogP contribution < -0.4 is 10.6 Å². The van der Waals surface area contributed by atoms with E-state index in [0.29, 0.717) is 22.8 Å². The van der Waals surface area contributed by atoms with Crippen LogP contribution in [0, 0.1) is 0 Å². The molecule has 0 bridgehead atoms. The second-order valence-corrected chi connectivity index (χ2v) is 6.02. The number of nitrogens with one attached hydrogen (secondary N) is 2. The van der Waals surface area contributed by atoms with Crippen LogP contribution in [0.25, 0.3) is 0 Å². The SMILES string of the molecule is CNC(=O)COC(=O)[C@@H](CCSC)NC(=O)c1ccc(Cl)cc1. The molecule has 0 spiro atoms. The van der Waals surface area contributed by atoms with Gasteiger partial charge in [-0.05, 0) is 42.7 Å². The first-order valence-electron chi connectivity index (χ1n) is 6.90. The van der Waals surface area contributed by atoms with Crippen molar-refractivity contribution < 1.29 is 19.1 Å². The number of likely N-dealkylation sites (N-methyl/N-ethyl adjacent to an activating group) is 1. The fourth-order valence-electron chi connectivity index (χ4n) is 1.64. The molecular weight excluding hydrogens is 340 g/mol. The van der Waals surface area contributed by atoms with Crippen molar-refractivity contribution in [3.05, 3.63) is 34.9 Å². The van der Waals surface area contributed by atoms with Crippen LogP contribution >= 0.6 is 23.4 Å². The number of halogens is 1. The van der Waals surface area contributed by atoms with E-state index in [-0.39, 0.29) is 6.61 Å². The zero-order chi connectivity index (χ0) is 17.2. The van der Waals surface area contributed by atoms with Crippen LogP contribution in [0.3, 0.4) is 0 Å². The largest absolute Gasteiger partial charge is 0.454 e. The van der Waals surface area contributed by atoms with Crippen molar-refractivity contribution in [1.29, 1.82) is 0 Å². The number of thioether (sulfide) groups is 1. The van der Waals surface area contributed by atoms with Gasteiger partial charge in [0.2, 0.25) is 0 Å². The Bertz CT molecular complexity index is 551. The minimum absolute atomic E-state index is 0.373. The van der Waals surface area contributed by atoms with E-state index in [9.17, 15) is 14.4 Å². The van der Waals surface area contributed by atoms with Gasteiger partial charge >= 0.3 is 5.97 Å². The molecule has 0 aliphatic rings. The second-order valence-electron chi connectivity index (χ2n) is 4.60. The minimum atomic E-state index is -0.810. The van der Waals surface area contributed by atoms with E-state index in [1.807, 2.05) is 6.26 Å². The Hall–Kier alpha value is -1.73. The van der Waals surface area contributed by atoms with Crippen molar-refractivity contribution >= 4 is 41.1 Å². The summed E-state index contributed by atoms with van der Waals surface area (Å²) in [5.41, 5.74) is 0.391. The Morgan fingerprint density at radius 1 is 1.26 bits per heavy atom. The molecule has 2 amide bonds. The molecule has 0 heterocycles. The molecule has 1 aromatic carbocycles. The molecule has 0 radical (unpaired) electrons. The van der Waals surface area contributed by atoms with Crippen LogP contribution in [0.4, 0.5) is 0 Å². The predicted molar refractivity (Wildman–Crippen MR) is 90.7 cm³/mol. The summed E-state index contributed by atoms with van der Waals surface area (Å²) in [7, 11) is 1.45. The molecule has 8 heteroatoms. The molecule has 126 valence electrons. The lowest BCUT2D eigenvalue weighted by atomic mass is 10.1. The lowest BCUT2D eigenvalue weighted by Crippen LogP contribution is -2.43. The molecule has 1 atom stereocenters. The Balaban J connectivity index is 2.69. The maximum Gasteiger partial charge on any atom is 0.329 e. The molecule has 0 saturated carbocycles. The number of carbonyl (C=O) groups is 3. The maximum atomic E-state index is 12.2. The standard InChI is InChI=1S/C15H19ClN2O4S/c1-17-13(19)9-22-15(21)12(7-8-23-2)18-14(20)10-3-5-11(16)6-4-10/h3-6,12H,7-9H2,1-2H3,(H,17,19)(H,18,20)/t12-/m1/s1. The third-order valence-electron chi connectivity index (χ3n) is 2.93. The van der Waals surface area contributed by atoms with E-state index < -0.39 is 23.8 Å². The summed E-state index contributed by atoms with van der Waals surface area (Å²) in [4.78, 5) is 35.4. The number of hydrogen-bond acceptors (Lipinski definition) is 5. The Morgan fingerprint density at radius 2 is 1.91 bits per heavy atom. The van der Waals surface area contributed by atoms with Crippen molar-refractivity contribution in [2.24, 2.45) is 0 Å². The Morgan fingerprint density at radius 3 is 2.48 bits per heavy atom. The predicted octanol–water partition coefficient (Wildman–Crippen LogP) is 1.48. The van der Waals surface area contributed by atoms with Crippen molar-refractivity contribution in [3.8, 4) is 0 Å². The van der Waals surface area contributed by atoms with Gasteiger partial charge in [-0.2, -0.15) is 11.8 Å². The average molecular weight is 359 g/mol. The van der Waals surface area contributed by atoms with E-state index in [4.69, 9.17) is 16.3 Å². The summed E-state index contributed by atoms with van der Waals surface area (Å²) in [6, 6.07) is 5.52. The minimum Gasteiger partial charge on any atom is -0.454 e. The van der Waals surface area contributed by atoms with Crippen LogP contribution in [0.5, 0.6) is 0 Å². The van der Waals surface area contributed by atoms with Crippen molar-refractivity contribution in [2.75, 3.05) is 25.7 Å². The van der Waals surface area contributed by atoms with Crippen LogP contribution in [-0.4, -0.2) is 49.5 Å². The molecule has 0 unspecified atom stereocenters. The van der Waals surface area contributed by atoms with Crippen LogP contribution in [0.15, 0.2) is 24.3 Å². The van der Waals surface area contributed by atoms with Gasteiger partial charge in [0.05, 0.1) is 0 Å².